The minimum absolute atomic E-state index is 0. The summed E-state index contributed by atoms with van der Waals surface area (Å²) in [7, 11) is 0. The molecule has 0 unspecified atom stereocenters. The molecule has 1 aromatic heterocycles. The molecule has 0 amide bonds. The fourth-order valence-electron chi connectivity index (χ4n) is 1.66. The Hall–Kier alpha value is -1.81. The number of hydrogen-bond acceptors (Lipinski definition) is 2. The second-order valence-corrected chi connectivity index (χ2v) is 3.69. The van der Waals surface area contributed by atoms with E-state index in [1.807, 2.05) is 26.0 Å². The predicted octanol–water partition coefficient (Wildman–Crippen LogP) is 2.61. The lowest BCUT2D eigenvalue weighted by Gasteiger charge is -2.04. The Labute approximate surface area is 105 Å². The van der Waals surface area contributed by atoms with Gasteiger partial charge in [-0.2, -0.15) is 5.10 Å². The van der Waals surface area contributed by atoms with Crippen molar-refractivity contribution in [1.82, 2.24) is 9.78 Å². The highest BCUT2D eigenvalue weighted by atomic mass is 35.5. The first-order chi connectivity index (χ1) is 7.58. The molecule has 0 aliphatic carbocycles. The molecule has 0 saturated carbocycles. The van der Waals surface area contributed by atoms with Crippen LogP contribution in [0.25, 0.3) is 5.69 Å². The molecule has 2 rings (SSSR count). The van der Waals surface area contributed by atoms with Crippen LogP contribution in [0.4, 0.5) is 0 Å². The summed E-state index contributed by atoms with van der Waals surface area (Å²) in [5.74, 6) is -0.927. The minimum atomic E-state index is -0.927. The minimum Gasteiger partial charge on any atom is -0.478 e. The smallest absolute Gasteiger partial charge is 0.335 e. The second kappa shape index (κ2) is 5.01. The zero-order chi connectivity index (χ0) is 11.7. The van der Waals surface area contributed by atoms with Gasteiger partial charge in [0.1, 0.15) is 0 Å². The van der Waals surface area contributed by atoms with Crippen molar-refractivity contribution in [2.45, 2.75) is 13.8 Å². The standard InChI is InChI=1S/C12H12N2O2.ClH/c1-8-6-9(2)14(13-8)11-5-3-4-10(7-11)12(15)16;/h3-7H,1-2H3,(H,15,16);1H. The molecule has 0 saturated heterocycles. The van der Waals surface area contributed by atoms with E-state index >= 15 is 0 Å². The highest BCUT2D eigenvalue weighted by molar-refractivity contribution is 5.88. The third-order valence-corrected chi connectivity index (χ3v) is 2.35. The Morgan fingerprint density at radius 3 is 2.53 bits per heavy atom. The van der Waals surface area contributed by atoms with E-state index in [1.54, 1.807) is 22.9 Å². The maximum Gasteiger partial charge on any atom is 0.335 e. The number of carboxylic acids is 1. The Bertz CT molecular complexity index is 549. The zero-order valence-electron chi connectivity index (χ0n) is 9.54. The highest BCUT2D eigenvalue weighted by Gasteiger charge is 2.07. The Kier molecular flexibility index (Phi) is 3.91. The van der Waals surface area contributed by atoms with Crippen molar-refractivity contribution in [3.63, 3.8) is 0 Å². The topological polar surface area (TPSA) is 55.1 Å². The molecule has 0 fully saturated rings. The summed E-state index contributed by atoms with van der Waals surface area (Å²) in [5, 5.41) is 13.2. The van der Waals surface area contributed by atoms with Gasteiger partial charge in [0.2, 0.25) is 0 Å². The maximum atomic E-state index is 10.8. The van der Waals surface area contributed by atoms with Crippen molar-refractivity contribution >= 4 is 18.4 Å². The SMILES string of the molecule is Cc1cc(C)n(-c2cccc(C(=O)O)c2)n1.Cl. The van der Waals surface area contributed by atoms with E-state index in [9.17, 15) is 4.79 Å². The number of carboxylic acid groups (broad SMARTS) is 1. The van der Waals surface area contributed by atoms with Crippen molar-refractivity contribution in [2.24, 2.45) is 0 Å². The molecule has 0 aliphatic rings. The number of aryl methyl sites for hydroxylation is 2. The van der Waals surface area contributed by atoms with Crippen molar-refractivity contribution in [2.75, 3.05) is 0 Å². The number of halogens is 1. The number of benzene rings is 1. The summed E-state index contributed by atoms with van der Waals surface area (Å²) in [4.78, 5) is 10.8. The molecule has 0 aliphatic heterocycles. The third-order valence-electron chi connectivity index (χ3n) is 2.35. The third kappa shape index (κ3) is 2.65. The molecule has 0 spiro atoms. The molecular weight excluding hydrogens is 240 g/mol. The van der Waals surface area contributed by atoms with Crippen molar-refractivity contribution in [1.29, 1.82) is 0 Å². The van der Waals surface area contributed by atoms with Crippen molar-refractivity contribution < 1.29 is 9.90 Å². The average molecular weight is 253 g/mol. The van der Waals surface area contributed by atoms with Crippen LogP contribution in [0, 0.1) is 13.8 Å². The first-order valence-electron chi connectivity index (χ1n) is 4.95. The van der Waals surface area contributed by atoms with Crippen LogP contribution < -0.4 is 0 Å². The van der Waals surface area contributed by atoms with Gasteiger partial charge in [-0.05, 0) is 38.1 Å². The molecule has 17 heavy (non-hydrogen) atoms. The number of aromatic nitrogens is 2. The van der Waals surface area contributed by atoms with Gasteiger partial charge in [0.25, 0.3) is 0 Å². The van der Waals surface area contributed by atoms with E-state index < -0.39 is 5.97 Å². The summed E-state index contributed by atoms with van der Waals surface area (Å²) in [6.07, 6.45) is 0. The number of aromatic carboxylic acids is 1. The molecule has 0 radical (unpaired) electrons. The van der Waals surface area contributed by atoms with Gasteiger partial charge in [-0.15, -0.1) is 12.4 Å². The molecule has 1 N–H and O–H groups in total. The number of hydrogen-bond donors (Lipinski definition) is 1. The molecule has 0 bridgehead atoms. The summed E-state index contributed by atoms with van der Waals surface area (Å²) in [5.41, 5.74) is 2.94. The molecule has 1 aromatic carbocycles. The van der Waals surface area contributed by atoms with E-state index in [4.69, 9.17) is 5.11 Å². The van der Waals surface area contributed by atoms with E-state index in [2.05, 4.69) is 5.10 Å². The van der Waals surface area contributed by atoms with Crippen LogP contribution in [-0.4, -0.2) is 20.9 Å². The van der Waals surface area contributed by atoms with E-state index in [1.165, 1.54) is 0 Å². The molecule has 0 atom stereocenters. The average Bonchev–Trinajstić information content (AvgIpc) is 2.58. The van der Waals surface area contributed by atoms with Gasteiger partial charge in [0.05, 0.1) is 16.9 Å². The fourth-order valence-corrected chi connectivity index (χ4v) is 1.66. The van der Waals surface area contributed by atoms with Gasteiger partial charge in [0.15, 0.2) is 0 Å². The molecule has 2 aromatic rings. The lowest BCUT2D eigenvalue weighted by molar-refractivity contribution is 0.0697. The molecule has 1 heterocycles. The van der Waals surface area contributed by atoms with Gasteiger partial charge in [-0.1, -0.05) is 6.07 Å². The number of nitrogens with zero attached hydrogens (tertiary/aromatic N) is 2. The molecule has 4 nitrogen and oxygen atoms in total. The van der Waals surface area contributed by atoms with Crippen LogP contribution in [0.5, 0.6) is 0 Å². The predicted molar refractivity (Wildman–Crippen MR) is 67.2 cm³/mol. The summed E-state index contributed by atoms with van der Waals surface area (Å²) < 4.78 is 1.74. The first kappa shape index (κ1) is 13.3. The van der Waals surface area contributed by atoms with Crippen LogP contribution in [0.3, 0.4) is 0 Å². The zero-order valence-corrected chi connectivity index (χ0v) is 10.4. The van der Waals surface area contributed by atoms with E-state index in [-0.39, 0.29) is 18.0 Å². The lowest BCUT2D eigenvalue weighted by atomic mass is 10.2. The number of carbonyl (C=O) groups is 1. The van der Waals surface area contributed by atoms with Gasteiger partial charge in [0, 0.05) is 5.69 Å². The largest absolute Gasteiger partial charge is 0.478 e. The van der Waals surface area contributed by atoms with Crippen LogP contribution in [0.15, 0.2) is 30.3 Å². The quantitative estimate of drug-likeness (QED) is 0.894. The van der Waals surface area contributed by atoms with Crippen LogP contribution in [0.1, 0.15) is 21.7 Å². The summed E-state index contributed by atoms with van der Waals surface area (Å²) in [6.45, 7) is 3.85. The summed E-state index contributed by atoms with van der Waals surface area (Å²) >= 11 is 0. The highest BCUT2D eigenvalue weighted by Crippen LogP contribution is 2.13. The number of rotatable bonds is 2. The normalized spacial score (nSPS) is 9.76. The van der Waals surface area contributed by atoms with Crippen LogP contribution >= 0.6 is 12.4 Å². The fraction of sp³-hybridized carbons (Fsp3) is 0.167. The second-order valence-electron chi connectivity index (χ2n) is 3.69. The van der Waals surface area contributed by atoms with Crippen LogP contribution in [0.2, 0.25) is 0 Å². The van der Waals surface area contributed by atoms with Gasteiger partial charge >= 0.3 is 5.97 Å². The Morgan fingerprint density at radius 2 is 2.00 bits per heavy atom. The lowest BCUT2D eigenvalue weighted by Crippen LogP contribution is -2.02. The van der Waals surface area contributed by atoms with Crippen molar-refractivity contribution in [3.05, 3.63) is 47.3 Å². The summed E-state index contributed by atoms with van der Waals surface area (Å²) in [6, 6.07) is 8.69. The van der Waals surface area contributed by atoms with Gasteiger partial charge < -0.3 is 5.11 Å². The maximum absolute atomic E-state index is 10.8. The van der Waals surface area contributed by atoms with Gasteiger partial charge in [-0.25, -0.2) is 9.48 Å². The van der Waals surface area contributed by atoms with E-state index in [0.717, 1.165) is 17.1 Å². The van der Waals surface area contributed by atoms with Crippen molar-refractivity contribution in [3.8, 4) is 5.69 Å². The molecular formula is C12H13ClN2O2. The van der Waals surface area contributed by atoms with Gasteiger partial charge in [-0.3, -0.25) is 0 Å². The molecule has 5 heteroatoms. The van der Waals surface area contributed by atoms with E-state index in [0.29, 0.717) is 0 Å². The van der Waals surface area contributed by atoms with Crippen LogP contribution in [-0.2, 0) is 0 Å². The first-order valence-corrected chi connectivity index (χ1v) is 4.95. The molecule has 90 valence electrons. The monoisotopic (exact) mass is 252 g/mol. The Morgan fingerprint density at radius 1 is 1.29 bits per heavy atom. The Balaban J connectivity index is 0.00000144.